The Hall–Kier alpha value is -3.86. The van der Waals surface area contributed by atoms with Gasteiger partial charge in [-0.15, -0.1) is 0 Å². The minimum absolute atomic E-state index is 0.0404. The van der Waals surface area contributed by atoms with E-state index in [2.05, 4.69) is 0 Å². The molecule has 6 rings (SSSR count). The third-order valence-corrected chi connectivity index (χ3v) is 7.74. The summed E-state index contributed by atoms with van der Waals surface area (Å²) < 4.78 is 0. The van der Waals surface area contributed by atoms with E-state index in [0.717, 1.165) is 16.7 Å². The van der Waals surface area contributed by atoms with Gasteiger partial charge in [0.25, 0.3) is 0 Å². The van der Waals surface area contributed by atoms with E-state index in [0.29, 0.717) is 11.1 Å². The van der Waals surface area contributed by atoms with E-state index >= 15 is 0 Å². The fraction of sp³-hybridized carbons (Fsp3) is 0.267. The van der Waals surface area contributed by atoms with Crippen molar-refractivity contribution in [2.75, 3.05) is 0 Å². The van der Waals surface area contributed by atoms with Crippen LogP contribution in [-0.2, 0) is 4.79 Å². The number of hydrogen-bond acceptors (Lipinski definition) is 5. The normalized spacial score (nSPS) is 23.9. The smallest absolute Gasteiger partial charge is 0.180 e. The molecule has 1 unspecified atom stereocenters. The first-order valence-electron chi connectivity index (χ1n) is 12.0. The Morgan fingerprint density at radius 1 is 0.829 bits per heavy atom. The van der Waals surface area contributed by atoms with Gasteiger partial charge in [0, 0.05) is 22.5 Å². The molecule has 1 fully saturated rings. The summed E-state index contributed by atoms with van der Waals surface area (Å²) >= 11 is 0. The molecule has 3 aromatic carbocycles. The number of rotatable bonds is 2. The highest BCUT2D eigenvalue weighted by Gasteiger charge is 2.73. The molecule has 174 valence electrons. The number of benzene rings is 3. The predicted octanol–water partition coefficient (Wildman–Crippen LogP) is 5.22. The molecule has 0 bridgehead atoms. The third kappa shape index (κ3) is 2.75. The highest BCUT2D eigenvalue weighted by molar-refractivity contribution is 6.31. The summed E-state index contributed by atoms with van der Waals surface area (Å²) in [6, 6.07) is 22.9. The summed E-state index contributed by atoms with van der Waals surface area (Å²) in [5.41, 5.74) is 1.17. The lowest BCUT2D eigenvalue weighted by molar-refractivity contribution is -0.131. The van der Waals surface area contributed by atoms with Crippen LogP contribution in [0.2, 0.25) is 0 Å². The van der Waals surface area contributed by atoms with Crippen LogP contribution in [0.1, 0.15) is 70.1 Å². The van der Waals surface area contributed by atoms with E-state index in [9.17, 15) is 14.4 Å². The lowest BCUT2D eigenvalue weighted by Crippen LogP contribution is -2.45. The van der Waals surface area contributed by atoms with Gasteiger partial charge in [-0.2, -0.15) is 5.10 Å². The highest BCUT2D eigenvalue weighted by Crippen LogP contribution is 2.64. The Balaban J connectivity index is 1.72. The van der Waals surface area contributed by atoms with E-state index < -0.39 is 28.8 Å². The maximum Gasteiger partial charge on any atom is 0.180 e. The molecule has 2 aliphatic heterocycles. The van der Waals surface area contributed by atoms with Gasteiger partial charge in [-0.1, -0.05) is 99.6 Å². The molecule has 35 heavy (non-hydrogen) atoms. The molecule has 5 heteroatoms. The zero-order valence-corrected chi connectivity index (χ0v) is 19.9. The molecule has 3 atom stereocenters. The zero-order valence-electron chi connectivity index (χ0n) is 19.9. The van der Waals surface area contributed by atoms with Gasteiger partial charge in [-0.05, 0) is 16.7 Å². The molecule has 0 saturated carbocycles. The second-order valence-corrected chi connectivity index (χ2v) is 10.7. The molecule has 2 heterocycles. The van der Waals surface area contributed by atoms with E-state index in [1.807, 2.05) is 75.4 Å². The summed E-state index contributed by atoms with van der Waals surface area (Å²) in [6.07, 6.45) is 1.74. The van der Waals surface area contributed by atoms with Gasteiger partial charge in [0.1, 0.15) is 11.5 Å². The Kier molecular flexibility index (Phi) is 4.53. The second-order valence-electron chi connectivity index (χ2n) is 10.7. The molecular weight excluding hydrogens is 436 g/mol. The van der Waals surface area contributed by atoms with Crippen molar-refractivity contribution in [3.8, 4) is 0 Å². The van der Waals surface area contributed by atoms with Gasteiger partial charge in [0.05, 0.1) is 12.3 Å². The second kappa shape index (κ2) is 7.32. The first-order chi connectivity index (χ1) is 16.8. The monoisotopic (exact) mass is 462 g/mol. The molecule has 1 aliphatic carbocycles. The average molecular weight is 463 g/mol. The molecule has 5 nitrogen and oxygen atoms in total. The summed E-state index contributed by atoms with van der Waals surface area (Å²) in [5.74, 6) is -1.17. The molecule has 3 aliphatic rings. The van der Waals surface area contributed by atoms with Crippen LogP contribution in [0.5, 0.6) is 0 Å². The number of nitrogens with zero attached hydrogens (tertiary/aromatic N) is 2. The van der Waals surface area contributed by atoms with Crippen molar-refractivity contribution in [1.82, 2.24) is 5.01 Å². The zero-order chi connectivity index (χ0) is 24.5. The van der Waals surface area contributed by atoms with Crippen molar-refractivity contribution in [2.45, 2.75) is 38.8 Å². The summed E-state index contributed by atoms with van der Waals surface area (Å²) in [5, 5.41) is 6.52. The van der Waals surface area contributed by atoms with Gasteiger partial charge in [0.15, 0.2) is 17.3 Å². The number of hydrazone groups is 1. The Morgan fingerprint density at radius 3 is 2.03 bits per heavy atom. The molecule has 1 saturated heterocycles. The maximum absolute atomic E-state index is 14.5. The van der Waals surface area contributed by atoms with Gasteiger partial charge < -0.3 is 0 Å². The summed E-state index contributed by atoms with van der Waals surface area (Å²) in [4.78, 5) is 43.1. The van der Waals surface area contributed by atoms with Crippen LogP contribution in [0.25, 0.3) is 0 Å². The van der Waals surface area contributed by atoms with Gasteiger partial charge >= 0.3 is 0 Å². The number of carbonyl (C=O) groups is 3. The van der Waals surface area contributed by atoms with Crippen molar-refractivity contribution in [3.05, 3.63) is 107 Å². The Morgan fingerprint density at radius 2 is 1.40 bits per heavy atom. The fourth-order valence-corrected chi connectivity index (χ4v) is 6.25. The lowest BCUT2D eigenvalue weighted by Gasteiger charge is -2.36. The number of fused-ring (bicyclic) bond motifs is 5. The van der Waals surface area contributed by atoms with E-state index in [-0.39, 0.29) is 17.3 Å². The molecular formula is C30H26N2O3. The van der Waals surface area contributed by atoms with Crippen molar-refractivity contribution in [2.24, 2.45) is 15.9 Å². The Labute approximate surface area is 204 Å². The third-order valence-electron chi connectivity index (χ3n) is 7.74. The predicted molar refractivity (Wildman–Crippen MR) is 134 cm³/mol. The average Bonchev–Trinajstić information content (AvgIpc) is 3.30. The van der Waals surface area contributed by atoms with Crippen molar-refractivity contribution < 1.29 is 14.4 Å². The SMILES string of the molecule is CC(C)(C)C(=O)[C@@H]1[C@@H](c2ccccc2)C2(C(=O)c3ccccc3C2=O)C2c3ccccc3C=NN21. The summed E-state index contributed by atoms with van der Waals surface area (Å²) in [6.45, 7) is 5.64. The van der Waals surface area contributed by atoms with Crippen molar-refractivity contribution in [1.29, 1.82) is 0 Å². The van der Waals surface area contributed by atoms with Crippen LogP contribution in [0.3, 0.4) is 0 Å². The number of hydrogen-bond donors (Lipinski definition) is 0. The lowest BCUT2D eigenvalue weighted by atomic mass is 9.62. The van der Waals surface area contributed by atoms with Crippen molar-refractivity contribution in [3.63, 3.8) is 0 Å². The van der Waals surface area contributed by atoms with Crippen LogP contribution in [0.4, 0.5) is 0 Å². The molecule has 0 radical (unpaired) electrons. The van der Waals surface area contributed by atoms with Crippen LogP contribution < -0.4 is 0 Å². The van der Waals surface area contributed by atoms with E-state index in [1.54, 1.807) is 35.5 Å². The molecule has 1 spiro atoms. The number of ketones is 3. The maximum atomic E-state index is 14.5. The van der Waals surface area contributed by atoms with Crippen LogP contribution in [0.15, 0.2) is 84.0 Å². The van der Waals surface area contributed by atoms with Gasteiger partial charge in [0.2, 0.25) is 0 Å². The fourth-order valence-electron chi connectivity index (χ4n) is 6.25. The van der Waals surface area contributed by atoms with Crippen LogP contribution in [-0.4, -0.2) is 34.6 Å². The quantitative estimate of drug-likeness (QED) is 0.490. The van der Waals surface area contributed by atoms with Gasteiger partial charge in [-0.3, -0.25) is 19.4 Å². The Bertz CT molecular complexity index is 1380. The molecule has 0 N–H and O–H groups in total. The largest absolute Gasteiger partial charge is 0.297 e. The summed E-state index contributed by atoms with van der Waals surface area (Å²) in [7, 11) is 0. The molecule has 0 amide bonds. The first-order valence-corrected chi connectivity index (χ1v) is 12.0. The van der Waals surface area contributed by atoms with E-state index in [4.69, 9.17) is 5.10 Å². The minimum Gasteiger partial charge on any atom is -0.297 e. The highest BCUT2D eigenvalue weighted by atomic mass is 16.2. The topological polar surface area (TPSA) is 66.8 Å². The first kappa shape index (κ1) is 21.7. The van der Waals surface area contributed by atoms with E-state index in [1.165, 1.54) is 0 Å². The van der Waals surface area contributed by atoms with Crippen LogP contribution >= 0.6 is 0 Å². The molecule has 3 aromatic rings. The van der Waals surface area contributed by atoms with Crippen molar-refractivity contribution >= 4 is 23.6 Å². The van der Waals surface area contributed by atoms with Gasteiger partial charge in [-0.25, -0.2) is 0 Å². The molecule has 0 aromatic heterocycles. The number of Topliss-reactive ketones (excluding diaryl/α,β-unsaturated/α-hetero) is 3. The number of carbonyl (C=O) groups excluding carboxylic acids is 3. The minimum atomic E-state index is -1.50. The standard InChI is InChI=1S/C30H26N2O3/c1-29(2,3)28(35)24-23(18-11-5-4-6-12-18)30(26(33)21-15-9-10-16-22(21)27(30)34)25-20-14-8-7-13-19(20)17-31-32(24)25/h4-17,23-25H,1-3H3/t23-,24+,25?/m1/s1. The van der Waals surface area contributed by atoms with Crippen LogP contribution in [0, 0.1) is 10.8 Å².